The minimum atomic E-state index is 0.0596. The summed E-state index contributed by atoms with van der Waals surface area (Å²) >= 11 is 0. The molecule has 0 radical (unpaired) electrons. The lowest BCUT2D eigenvalue weighted by molar-refractivity contribution is -0.104. The molecule has 0 saturated carbocycles. The molecule has 1 aliphatic rings. The van der Waals surface area contributed by atoms with Crippen molar-refractivity contribution in [1.29, 1.82) is 0 Å². The van der Waals surface area contributed by atoms with Gasteiger partial charge in [-0.25, -0.2) is 0 Å². The lowest BCUT2D eigenvalue weighted by atomic mass is 9.72. The van der Waals surface area contributed by atoms with Crippen LogP contribution in [-0.4, -0.2) is 12.1 Å². The van der Waals surface area contributed by atoms with E-state index in [1.165, 1.54) is 6.08 Å². The largest absolute Gasteiger partial charge is 0.299 e. The van der Waals surface area contributed by atoms with Crippen LogP contribution in [0, 0.1) is 0 Å². The fourth-order valence-corrected chi connectivity index (χ4v) is 2.50. The van der Waals surface area contributed by atoms with E-state index in [1.807, 2.05) is 25.1 Å². The van der Waals surface area contributed by atoms with Crippen molar-refractivity contribution in [3.05, 3.63) is 41.0 Å². The minimum Gasteiger partial charge on any atom is -0.299 e. The summed E-state index contributed by atoms with van der Waals surface area (Å²) in [6.45, 7) is 6.23. The molecular formula is C16H18O2. The molecular weight excluding hydrogens is 224 g/mol. The summed E-state index contributed by atoms with van der Waals surface area (Å²) in [5, 5.41) is 0. The van der Waals surface area contributed by atoms with Gasteiger partial charge in [-0.3, -0.25) is 9.59 Å². The monoisotopic (exact) mass is 242 g/mol. The molecule has 0 N–H and O–H groups in total. The Labute approximate surface area is 108 Å². The fourth-order valence-electron chi connectivity index (χ4n) is 2.50. The highest BCUT2D eigenvalue weighted by Crippen LogP contribution is 2.37. The molecule has 0 aliphatic heterocycles. The zero-order chi connectivity index (χ0) is 13.3. The second-order valence-corrected chi connectivity index (χ2v) is 5.55. The van der Waals surface area contributed by atoms with Crippen LogP contribution in [0.25, 0.3) is 5.57 Å². The normalized spacial score (nSPS) is 18.4. The number of aldehydes is 1. The van der Waals surface area contributed by atoms with Gasteiger partial charge in [0.05, 0.1) is 0 Å². The summed E-state index contributed by atoms with van der Waals surface area (Å²) in [6, 6.07) is 5.95. The minimum absolute atomic E-state index is 0.0596. The van der Waals surface area contributed by atoms with Crippen LogP contribution in [0.2, 0.25) is 0 Å². The Balaban J connectivity index is 2.55. The molecule has 94 valence electrons. The number of carbonyl (C=O) groups excluding carboxylic acids is 2. The van der Waals surface area contributed by atoms with Gasteiger partial charge in [-0.15, -0.1) is 0 Å². The molecule has 2 nitrogen and oxygen atoms in total. The highest BCUT2D eigenvalue weighted by atomic mass is 16.1. The van der Waals surface area contributed by atoms with Crippen molar-refractivity contribution in [3.8, 4) is 0 Å². The van der Waals surface area contributed by atoms with Gasteiger partial charge in [0.15, 0.2) is 5.78 Å². The van der Waals surface area contributed by atoms with Crippen LogP contribution >= 0.6 is 0 Å². The summed E-state index contributed by atoms with van der Waals surface area (Å²) < 4.78 is 0. The Morgan fingerprint density at radius 1 is 1.33 bits per heavy atom. The summed E-state index contributed by atoms with van der Waals surface area (Å²) in [4.78, 5) is 22.5. The van der Waals surface area contributed by atoms with Gasteiger partial charge < -0.3 is 0 Å². The van der Waals surface area contributed by atoms with Crippen LogP contribution in [0.3, 0.4) is 0 Å². The standard InChI is InChI=1S/C16H18O2/c1-11(7-9-17)12-4-5-14-13(10-12)15(18)6-8-16(14,2)3/h4-5,7,9-10H,6,8H2,1-3H3/b11-7+. The number of rotatable bonds is 2. The Kier molecular flexibility index (Phi) is 3.20. The van der Waals surface area contributed by atoms with Crippen LogP contribution in [0.1, 0.15) is 55.1 Å². The van der Waals surface area contributed by atoms with E-state index >= 15 is 0 Å². The second-order valence-electron chi connectivity index (χ2n) is 5.55. The van der Waals surface area contributed by atoms with E-state index < -0.39 is 0 Å². The molecule has 0 amide bonds. The predicted octanol–water partition coefficient (Wildman–Crippen LogP) is 3.54. The van der Waals surface area contributed by atoms with Gasteiger partial charge in [-0.1, -0.05) is 26.0 Å². The second kappa shape index (κ2) is 4.52. The summed E-state index contributed by atoms with van der Waals surface area (Å²) in [7, 11) is 0. The smallest absolute Gasteiger partial charge is 0.163 e. The molecule has 18 heavy (non-hydrogen) atoms. The molecule has 1 aliphatic carbocycles. The van der Waals surface area contributed by atoms with Gasteiger partial charge >= 0.3 is 0 Å². The van der Waals surface area contributed by atoms with Crippen molar-refractivity contribution in [3.63, 3.8) is 0 Å². The van der Waals surface area contributed by atoms with Crippen molar-refractivity contribution < 1.29 is 9.59 Å². The summed E-state index contributed by atoms with van der Waals surface area (Å²) in [5.41, 5.74) is 3.85. The Hall–Kier alpha value is -1.70. The number of ketones is 1. The number of allylic oxidation sites excluding steroid dienone is 2. The first-order valence-electron chi connectivity index (χ1n) is 6.26. The third-order valence-electron chi connectivity index (χ3n) is 3.80. The molecule has 0 saturated heterocycles. The number of benzene rings is 1. The van der Waals surface area contributed by atoms with Crippen LogP contribution < -0.4 is 0 Å². The topological polar surface area (TPSA) is 34.1 Å². The van der Waals surface area contributed by atoms with Crippen molar-refractivity contribution in [2.75, 3.05) is 0 Å². The summed E-state index contributed by atoms with van der Waals surface area (Å²) in [6.07, 6.45) is 3.82. The predicted molar refractivity (Wildman–Crippen MR) is 72.7 cm³/mol. The number of hydrogen-bond donors (Lipinski definition) is 0. The van der Waals surface area contributed by atoms with Gasteiger partial charge in [0.25, 0.3) is 0 Å². The van der Waals surface area contributed by atoms with Crippen LogP contribution in [0.15, 0.2) is 24.3 Å². The van der Waals surface area contributed by atoms with E-state index in [0.29, 0.717) is 6.42 Å². The molecule has 1 aromatic carbocycles. The maximum absolute atomic E-state index is 12.0. The first-order valence-corrected chi connectivity index (χ1v) is 6.26. The van der Waals surface area contributed by atoms with Crippen molar-refractivity contribution in [2.24, 2.45) is 0 Å². The van der Waals surface area contributed by atoms with E-state index in [2.05, 4.69) is 13.8 Å². The molecule has 0 spiro atoms. The van der Waals surface area contributed by atoms with Gasteiger partial charge in [-0.2, -0.15) is 0 Å². The maximum Gasteiger partial charge on any atom is 0.163 e. The molecule has 2 heteroatoms. The molecule has 0 aromatic heterocycles. The van der Waals surface area contributed by atoms with Gasteiger partial charge in [0.2, 0.25) is 0 Å². The molecule has 2 rings (SSSR count). The average molecular weight is 242 g/mol. The Bertz CT molecular complexity index is 536. The third-order valence-corrected chi connectivity index (χ3v) is 3.80. The quantitative estimate of drug-likeness (QED) is 0.587. The molecule has 0 atom stereocenters. The Morgan fingerprint density at radius 3 is 2.72 bits per heavy atom. The Morgan fingerprint density at radius 2 is 2.06 bits per heavy atom. The van der Waals surface area contributed by atoms with Crippen molar-refractivity contribution in [1.82, 2.24) is 0 Å². The molecule has 1 aromatic rings. The first-order chi connectivity index (χ1) is 8.45. The van der Waals surface area contributed by atoms with Gasteiger partial charge in [0, 0.05) is 12.0 Å². The van der Waals surface area contributed by atoms with Crippen LogP contribution in [-0.2, 0) is 10.2 Å². The average Bonchev–Trinajstić information content (AvgIpc) is 2.34. The lowest BCUT2D eigenvalue weighted by Gasteiger charge is -2.32. The zero-order valence-corrected chi connectivity index (χ0v) is 11.1. The SMILES string of the molecule is C/C(=C\C=O)c1ccc2c(c1)C(=O)CCC2(C)C. The highest BCUT2D eigenvalue weighted by molar-refractivity contribution is 6.00. The third kappa shape index (κ3) is 2.15. The van der Waals surface area contributed by atoms with Crippen molar-refractivity contribution in [2.45, 2.75) is 39.0 Å². The summed E-state index contributed by atoms with van der Waals surface area (Å²) in [5.74, 6) is 0.213. The highest BCUT2D eigenvalue weighted by Gasteiger charge is 2.31. The van der Waals surface area contributed by atoms with Crippen LogP contribution in [0.4, 0.5) is 0 Å². The zero-order valence-electron chi connectivity index (χ0n) is 11.1. The van der Waals surface area contributed by atoms with E-state index in [4.69, 9.17) is 0 Å². The molecule has 0 heterocycles. The number of fused-ring (bicyclic) bond motifs is 1. The molecule has 0 bridgehead atoms. The lowest BCUT2D eigenvalue weighted by Crippen LogP contribution is -2.27. The van der Waals surface area contributed by atoms with E-state index in [1.54, 1.807) is 0 Å². The number of hydrogen-bond acceptors (Lipinski definition) is 2. The molecule has 0 unspecified atom stereocenters. The van der Waals surface area contributed by atoms with E-state index in [0.717, 1.165) is 35.0 Å². The van der Waals surface area contributed by atoms with Crippen molar-refractivity contribution >= 4 is 17.6 Å². The number of carbonyl (C=O) groups is 2. The van der Waals surface area contributed by atoms with Crippen LogP contribution in [0.5, 0.6) is 0 Å². The number of Topliss-reactive ketones (excluding diaryl/α,β-unsaturated/α-hetero) is 1. The van der Waals surface area contributed by atoms with E-state index in [9.17, 15) is 9.59 Å². The van der Waals surface area contributed by atoms with E-state index in [-0.39, 0.29) is 11.2 Å². The fraction of sp³-hybridized carbons (Fsp3) is 0.375. The van der Waals surface area contributed by atoms with Gasteiger partial charge in [0.1, 0.15) is 6.29 Å². The maximum atomic E-state index is 12.0. The first kappa shape index (κ1) is 12.7. The molecule has 0 fully saturated rings. The van der Waals surface area contributed by atoms with Gasteiger partial charge in [-0.05, 0) is 47.6 Å².